The first-order chi connectivity index (χ1) is 16.6. The van der Waals surface area contributed by atoms with Gasteiger partial charge >= 0.3 is 0 Å². The second-order valence-electron chi connectivity index (χ2n) is 10.5. The number of anilines is 2. The lowest BCUT2D eigenvalue weighted by molar-refractivity contribution is 0.102. The number of carbonyl (C=O) groups is 1. The molecule has 9 heteroatoms. The molecule has 0 atom stereocenters. The molecule has 2 N–H and O–H groups in total. The van der Waals surface area contributed by atoms with Gasteiger partial charge in [-0.15, -0.1) is 0 Å². The number of nitrogens with one attached hydrogen (secondary N) is 2. The number of hydrogen-bond acceptors (Lipinski definition) is 5. The highest BCUT2D eigenvalue weighted by molar-refractivity contribution is 6.13. The Labute approximate surface area is 204 Å². The SMILES string of the molecule is Cc1cn2cc(NC(=O)c3ccc(N4CCC(NC(C)(C)C)CC4)c4cn(C)nc34)cc(F)c2n1. The van der Waals surface area contributed by atoms with Crippen molar-refractivity contribution in [1.29, 1.82) is 0 Å². The number of aryl methyl sites for hydroxylation is 2. The number of amides is 1. The molecule has 3 aromatic heterocycles. The second-order valence-corrected chi connectivity index (χ2v) is 10.5. The van der Waals surface area contributed by atoms with Crippen LogP contribution in [0.3, 0.4) is 0 Å². The molecule has 1 saturated heterocycles. The molecule has 0 unspecified atom stereocenters. The minimum absolute atomic E-state index is 0.0998. The van der Waals surface area contributed by atoms with Gasteiger partial charge in [-0.2, -0.15) is 5.10 Å². The number of fused-ring (bicyclic) bond motifs is 2. The van der Waals surface area contributed by atoms with Crippen LogP contribution in [0.5, 0.6) is 0 Å². The maximum Gasteiger partial charge on any atom is 0.257 e. The highest BCUT2D eigenvalue weighted by Gasteiger charge is 2.25. The molecular formula is C26H32FN7O. The van der Waals surface area contributed by atoms with E-state index in [-0.39, 0.29) is 17.1 Å². The average molecular weight is 478 g/mol. The van der Waals surface area contributed by atoms with Crippen LogP contribution in [0.2, 0.25) is 0 Å². The van der Waals surface area contributed by atoms with E-state index in [0.29, 0.717) is 28.5 Å². The summed E-state index contributed by atoms with van der Waals surface area (Å²) >= 11 is 0. The Balaban J connectivity index is 1.40. The summed E-state index contributed by atoms with van der Waals surface area (Å²) in [6.07, 6.45) is 7.46. The van der Waals surface area contributed by atoms with E-state index in [2.05, 4.69) is 46.4 Å². The van der Waals surface area contributed by atoms with Gasteiger partial charge in [0.1, 0.15) is 5.52 Å². The number of imidazole rings is 1. The molecule has 4 aromatic rings. The lowest BCUT2D eigenvalue weighted by atomic mass is 9.99. The van der Waals surface area contributed by atoms with E-state index < -0.39 is 5.82 Å². The van der Waals surface area contributed by atoms with Gasteiger partial charge in [0.25, 0.3) is 5.91 Å². The summed E-state index contributed by atoms with van der Waals surface area (Å²) in [6, 6.07) is 5.60. The number of benzene rings is 1. The molecule has 0 spiro atoms. The number of hydrogen-bond donors (Lipinski definition) is 2. The van der Waals surface area contributed by atoms with Crippen LogP contribution in [-0.2, 0) is 7.05 Å². The number of halogens is 1. The second kappa shape index (κ2) is 8.64. The Morgan fingerprint density at radius 1 is 1.14 bits per heavy atom. The molecule has 1 fully saturated rings. The number of rotatable bonds is 4. The Morgan fingerprint density at radius 3 is 2.60 bits per heavy atom. The van der Waals surface area contributed by atoms with Crippen LogP contribution in [0.15, 0.2) is 36.8 Å². The van der Waals surface area contributed by atoms with Crippen molar-refractivity contribution in [2.24, 2.45) is 7.05 Å². The van der Waals surface area contributed by atoms with Gasteiger partial charge in [0, 0.05) is 67.4 Å². The Bertz CT molecular complexity index is 1410. The zero-order chi connectivity index (χ0) is 24.9. The fourth-order valence-electron chi connectivity index (χ4n) is 4.99. The van der Waals surface area contributed by atoms with E-state index in [1.165, 1.54) is 6.07 Å². The van der Waals surface area contributed by atoms with Crippen molar-refractivity contribution in [2.45, 2.75) is 52.1 Å². The molecule has 8 nitrogen and oxygen atoms in total. The summed E-state index contributed by atoms with van der Waals surface area (Å²) in [7, 11) is 1.86. The first-order valence-corrected chi connectivity index (χ1v) is 12.0. The van der Waals surface area contributed by atoms with E-state index in [0.717, 1.165) is 37.0 Å². The minimum Gasteiger partial charge on any atom is -0.371 e. The van der Waals surface area contributed by atoms with E-state index in [9.17, 15) is 9.18 Å². The molecule has 1 amide bonds. The molecule has 5 rings (SSSR count). The third-order valence-corrected chi connectivity index (χ3v) is 6.37. The fourth-order valence-corrected chi connectivity index (χ4v) is 4.99. The van der Waals surface area contributed by atoms with Crippen molar-refractivity contribution in [3.63, 3.8) is 0 Å². The van der Waals surface area contributed by atoms with E-state index in [4.69, 9.17) is 0 Å². The van der Waals surface area contributed by atoms with E-state index in [1.54, 1.807) is 28.4 Å². The maximum absolute atomic E-state index is 14.5. The number of carbonyl (C=O) groups excluding carboxylic acids is 1. The summed E-state index contributed by atoms with van der Waals surface area (Å²) in [5, 5.41) is 12.1. The topological polar surface area (TPSA) is 79.5 Å². The van der Waals surface area contributed by atoms with Crippen LogP contribution in [-0.4, -0.2) is 49.7 Å². The van der Waals surface area contributed by atoms with Gasteiger partial charge < -0.3 is 19.9 Å². The number of piperidine rings is 1. The predicted octanol–water partition coefficient (Wildman–Crippen LogP) is 4.28. The number of pyridine rings is 1. The molecule has 0 radical (unpaired) electrons. The highest BCUT2D eigenvalue weighted by atomic mass is 19.1. The summed E-state index contributed by atoms with van der Waals surface area (Å²) in [6.45, 7) is 10.3. The predicted molar refractivity (Wildman–Crippen MR) is 137 cm³/mol. The number of nitrogens with zero attached hydrogens (tertiary/aromatic N) is 5. The summed E-state index contributed by atoms with van der Waals surface area (Å²) in [5.41, 5.74) is 3.57. The summed E-state index contributed by atoms with van der Waals surface area (Å²) in [4.78, 5) is 19.8. The molecule has 35 heavy (non-hydrogen) atoms. The molecule has 1 aliphatic rings. The Kier molecular flexibility index (Phi) is 5.75. The minimum atomic E-state index is -0.487. The molecule has 184 valence electrons. The van der Waals surface area contributed by atoms with Crippen LogP contribution in [0, 0.1) is 12.7 Å². The van der Waals surface area contributed by atoms with Crippen LogP contribution in [0.25, 0.3) is 16.6 Å². The van der Waals surface area contributed by atoms with Gasteiger partial charge in [0.2, 0.25) is 0 Å². The quantitative estimate of drug-likeness (QED) is 0.459. The van der Waals surface area contributed by atoms with Crippen molar-refractivity contribution < 1.29 is 9.18 Å². The fraction of sp³-hybridized carbons (Fsp3) is 0.423. The molecule has 0 aliphatic carbocycles. The van der Waals surface area contributed by atoms with E-state index in [1.807, 2.05) is 25.4 Å². The van der Waals surface area contributed by atoms with Crippen molar-refractivity contribution in [3.05, 3.63) is 53.9 Å². The Hall–Kier alpha value is -3.46. The first-order valence-electron chi connectivity index (χ1n) is 12.0. The van der Waals surface area contributed by atoms with Crippen LogP contribution in [0.1, 0.15) is 49.7 Å². The first kappa shape index (κ1) is 23.3. The van der Waals surface area contributed by atoms with Crippen molar-refractivity contribution >= 4 is 33.8 Å². The molecular weight excluding hydrogens is 445 g/mol. The smallest absolute Gasteiger partial charge is 0.257 e. The molecule has 1 aliphatic heterocycles. The third-order valence-electron chi connectivity index (χ3n) is 6.37. The van der Waals surface area contributed by atoms with Crippen LogP contribution < -0.4 is 15.5 Å². The van der Waals surface area contributed by atoms with Gasteiger partial charge in [0.05, 0.1) is 16.9 Å². The van der Waals surface area contributed by atoms with Gasteiger partial charge in [-0.05, 0) is 52.7 Å². The average Bonchev–Trinajstić information content (AvgIpc) is 3.34. The molecule has 4 heterocycles. The maximum atomic E-state index is 14.5. The van der Waals surface area contributed by atoms with E-state index >= 15 is 0 Å². The molecule has 0 saturated carbocycles. The molecule has 1 aromatic carbocycles. The van der Waals surface area contributed by atoms with Gasteiger partial charge in [-0.25, -0.2) is 9.37 Å². The Morgan fingerprint density at radius 2 is 1.89 bits per heavy atom. The summed E-state index contributed by atoms with van der Waals surface area (Å²) in [5.74, 6) is -0.817. The summed E-state index contributed by atoms with van der Waals surface area (Å²) < 4.78 is 17.8. The lowest BCUT2D eigenvalue weighted by Crippen LogP contribution is -2.49. The van der Waals surface area contributed by atoms with Crippen LogP contribution >= 0.6 is 0 Å². The number of aromatic nitrogens is 4. The van der Waals surface area contributed by atoms with Crippen molar-refractivity contribution in [3.8, 4) is 0 Å². The standard InChI is InChI=1S/C26H32FN7O/c1-16-13-34-14-18(12-21(27)24(34)28-16)29-25(35)19-6-7-22(20-15-32(5)31-23(19)20)33-10-8-17(9-11-33)30-26(2,3)4/h6-7,12-15,17,30H,8-11H2,1-5H3,(H,29,35). The van der Waals surface area contributed by atoms with Gasteiger partial charge in [0.15, 0.2) is 11.5 Å². The monoisotopic (exact) mass is 477 g/mol. The zero-order valence-electron chi connectivity index (χ0n) is 20.9. The normalized spacial score (nSPS) is 15.3. The largest absolute Gasteiger partial charge is 0.371 e. The van der Waals surface area contributed by atoms with Crippen molar-refractivity contribution in [2.75, 3.05) is 23.3 Å². The van der Waals surface area contributed by atoms with Crippen molar-refractivity contribution in [1.82, 2.24) is 24.5 Å². The van der Waals surface area contributed by atoms with Gasteiger partial charge in [-0.3, -0.25) is 9.48 Å². The lowest BCUT2D eigenvalue weighted by Gasteiger charge is -2.37. The zero-order valence-corrected chi connectivity index (χ0v) is 20.9. The van der Waals surface area contributed by atoms with Gasteiger partial charge in [-0.1, -0.05) is 0 Å². The highest BCUT2D eigenvalue weighted by Crippen LogP contribution is 2.31. The molecule has 0 bridgehead atoms. The third kappa shape index (κ3) is 4.73. The van der Waals surface area contributed by atoms with Crippen LogP contribution in [0.4, 0.5) is 15.8 Å².